The molecule has 2 spiro atoms. The van der Waals surface area contributed by atoms with Crippen LogP contribution in [0.15, 0.2) is 71.6 Å². The number of rotatable bonds is 16. The van der Waals surface area contributed by atoms with E-state index in [0.717, 1.165) is 81.4 Å². The topological polar surface area (TPSA) is 103 Å². The molecule has 3 aromatic rings. The number of nitrogens with one attached hydrogen (secondary N) is 3. The van der Waals surface area contributed by atoms with Gasteiger partial charge in [-0.2, -0.15) is 22.0 Å². The minimum Gasteiger partial charge on any atom is -0.435 e. The molecule has 0 atom stereocenters. The average Bonchev–Trinajstić information content (AvgIpc) is 3.95. The van der Waals surface area contributed by atoms with Gasteiger partial charge in [-0.05, 0) is 104 Å². The standard InChI is InChI=1S/C23H25F3N2O2S.C21H23F6N3O2/c24-18-8-17(9-19(10-18)30-22(25)26)21(29)27-13-16-11-23(12-16)14-28(15-23)6-7-31-20-4-2-1-3-5-20;22-15-4-13(17(23)24)3-14(5-15)18(32)28-8-12-6-19(7-12)10-30(11-19)9-16(31)29-20(1-2-20)21(25,26)27/h1-5,8-10,16,22H,6-7,11-15H2,(H,27,29);3-5,12,17H,1-2,6-11H2,(H,28,32)(H,29,31). The third kappa shape index (κ3) is 11.8. The summed E-state index contributed by atoms with van der Waals surface area (Å²) in [5.74, 6) is -2.15. The van der Waals surface area contributed by atoms with E-state index in [-0.39, 0.29) is 47.6 Å². The molecule has 0 unspecified atom stereocenters. The van der Waals surface area contributed by atoms with Crippen LogP contribution in [0.5, 0.6) is 5.75 Å². The van der Waals surface area contributed by atoms with Crippen molar-refractivity contribution in [3.8, 4) is 5.75 Å². The number of hydrogen-bond acceptors (Lipinski definition) is 7. The zero-order chi connectivity index (χ0) is 45.2. The Morgan fingerprint density at radius 2 is 1.29 bits per heavy atom. The van der Waals surface area contributed by atoms with Gasteiger partial charge in [0.1, 0.15) is 22.9 Å². The Labute approximate surface area is 362 Å². The largest absolute Gasteiger partial charge is 0.435 e. The Kier molecular flexibility index (Phi) is 14.0. The van der Waals surface area contributed by atoms with Gasteiger partial charge in [0, 0.05) is 79.2 Å². The lowest BCUT2D eigenvalue weighted by Crippen LogP contribution is -2.65. The van der Waals surface area contributed by atoms with Crippen molar-refractivity contribution in [1.29, 1.82) is 0 Å². The van der Waals surface area contributed by atoms with E-state index in [2.05, 4.69) is 49.9 Å². The summed E-state index contributed by atoms with van der Waals surface area (Å²) in [5.41, 5.74) is -2.41. The third-order valence-corrected chi connectivity index (χ3v) is 13.5. The number of amides is 3. The number of nitrogens with zero attached hydrogens (tertiary/aromatic N) is 2. The van der Waals surface area contributed by atoms with E-state index in [9.17, 15) is 53.9 Å². The molecule has 0 bridgehead atoms. The zero-order valence-electron chi connectivity index (χ0n) is 34.1. The number of carbonyl (C=O) groups is 3. The normalized spacial score (nSPS) is 20.7. The van der Waals surface area contributed by atoms with E-state index in [4.69, 9.17) is 0 Å². The number of alkyl halides is 7. The molecule has 0 aromatic heterocycles. The van der Waals surface area contributed by atoms with Crippen LogP contribution in [0.3, 0.4) is 0 Å². The van der Waals surface area contributed by atoms with Crippen molar-refractivity contribution in [2.45, 2.75) is 68.2 Å². The van der Waals surface area contributed by atoms with Gasteiger partial charge in [0.2, 0.25) is 5.91 Å². The number of hydrogen-bond donors (Lipinski definition) is 3. The molecule has 5 fully saturated rings. The van der Waals surface area contributed by atoms with Gasteiger partial charge in [0.15, 0.2) is 0 Å². The molecule has 2 aliphatic heterocycles. The smallest absolute Gasteiger partial charge is 0.411 e. The van der Waals surface area contributed by atoms with Crippen LogP contribution in [0.2, 0.25) is 0 Å². The summed E-state index contributed by atoms with van der Waals surface area (Å²) < 4.78 is 120. The minimum absolute atomic E-state index is 0.00132. The van der Waals surface area contributed by atoms with Gasteiger partial charge in [0.25, 0.3) is 18.2 Å². The van der Waals surface area contributed by atoms with Gasteiger partial charge in [-0.15, -0.1) is 11.8 Å². The van der Waals surface area contributed by atoms with Gasteiger partial charge in [-0.3, -0.25) is 19.3 Å². The summed E-state index contributed by atoms with van der Waals surface area (Å²) in [6.45, 7) is 2.16. The molecule has 3 N–H and O–H groups in total. The van der Waals surface area contributed by atoms with Crippen LogP contribution >= 0.6 is 11.8 Å². The van der Waals surface area contributed by atoms with Crippen molar-refractivity contribution in [1.82, 2.24) is 25.8 Å². The fraction of sp³-hybridized carbons (Fsp3) is 0.523. The van der Waals surface area contributed by atoms with Gasteiger partial charge in [0.05, 0.1) is 6.54 Å². The molecule has 3 aromatic carbocycles. The molecule has 2 saturated heterocycles. The van der Waals surface area contributed by atoms with Gasteiger partial charge >= 0.3 is 12.8 Å². The zero-order valence-corrected chi connectivity index (χ0v) is 34.9. The minimum atomic E-state index is -4.43. The van der Waals surface area contributed by atoms with Crippen LogP contribution in [-0.2, 0) is 4.79 Å². The molecule has 3 amide bonds. The van der Waals surface area contributed by atoms with E-state index in [1.807, 2.05) is 17.8 Å². The predicted octanol–water partition coefficient (Wildman–Crippen LogP) is 8.08. The number of ether oxygens (including phenoxy) is 1. The summed E-state index contributed by atoms with van der Waals surface area (Å²) in [7, 11) is 0. The highest BCUT2D eigenvalue weighted by Crippen LogP contribution is 2.53. The molecule has 3 saturated carbocycles. The second kappa shape index (κ2) is 18.9. The molecule has 0 radical (unpaired) electrons. The van der Waals surface area contributed by atoms with Crippen LogP contribution in [0, 0.1) is 34.3 Å². The monoisotopic (exact) mass is 913 g/mol. The fourth-order valence-electron chi connectivity index (χ4n) is 9.55. The fourth-order valence-corrected chi connectivity index (χ4v) is 10.5. The molecule has 19 heteroatoms. The maximum absolute atomic E-state index is 13.6. The van der Waals surface area contributed by atoms with Crippen molar-refractivity contribution in [3.05, 3.63) is 95.1 Å². The first kappa shape index (κ1) is 46.5. The Balaban J connectivity index is 0.000000189. The molecule has 342 valence electrons. The molecular formula is C44H48F9N5O4S. The molecule has 5 aliphatic rings. The van der Waals surface area contributed by atoms with Crippen molar-refractivity contribution < 1.29 is 58.6 Å². The summed E-state index contributed by atoms with van der Waals surface area (Å²) in [6, 6.07) is 15.9. The summed E-state index contributed by atoms with van der Waals surface area (Å²) in [5, 5.41) is 7.54. The second-order valence-electron chi connectivity index (χ2n) is 17.7. The lowest BCUT2D eigenvalue weighted by molar-refractivity contribution is -0.172. The Morgan fingerprint density at radius 1 is 0.746 bits per heavy atom. The summed E-state index contributed by atoms with van der Waals surface area (Å²) in [4.78, 5) is 42.0. The quantitative estimate of drug-likeness (QED) is 0.0988. The van der Waals surface area contributed by atoms with Gasteiger partial charge in [-0.1, -0.05) is 18.2 Å². The van der Waals surface area contributed by atoms with E-state index in [1.54, 1.807) is 4.90 Å². The highest BCUT2D eigenvalue weighted by Gasteiger charge is 2.64. The first-order valence-corrected chi connectivity index (χ1v) is 21.7. The summed E-state index contributed by atoms with van der Waals surface area (Å²) in [6.07, 6.45) is -3.78. The van der Waals surface area contributed by atoms with Crippen molar-refractivity contribution in [3.63, 3.8) is 0 Å². The van der Waals surface area contributed by atoms with Crippen LogP contribution < -0.4 is 20.7 Å². The van der Waals surface area contributed by atoms with Crippen LogP contribution in [0.25, 0.3) is 0 Å². The lowest BCUT2D eigenvalue weighted by Gasteiger charge is -2.59. The van der Waals surface area contributed by atoms with E-state index < -0.39 is 59.7 Å². The Morgan fingerprint density at radius 3 is 1.81 bits per heavy atom. The van der Waals surface area contributed by atoms with Crippen molar-refractivity contribution >= 4 is 29.5 Å². The number of thioether (sulfide) groups is 1. The highest BCUT2D eigenvalue weighted by molar-refractivity contribution is 7.99. The van der Waals surface area contributed by atoms with E-state index in [1.165, 1.54) is 4.90 Å². The number of halogens is 9. The third-order valence-electron chi connectivity index (χ3n) is 12.5. The molecule has 3 aliphatic carbocycles. The predicted molar refractivity (Wildman–Crippen MR) is 216 cm³/mol. The summed E-state index contributed by atoms with van der Waals surface area (Å²) >= 11 is 1.87. The molecule has 2 heterocycles. The van der Waals surface area contributed by atoms with Crippen molar-refractivity contribution in [2.24, 2.45) is 22.7 Å². The first-order valence-electron chi connectivity index (χ1n) is 20.7. The molecule has 8 rings (SSSR count). The lowest BCUT2D eigenvalue weighted by atomic mass is 9.57. The van der Waals surface area contributed by atoms with Gasteiger partial charge < -0.3 is 25.6 Å². The number of carbonyl (C=O) groups excluding carboxylic acids is 3. The van der Waals surface area contributed by atoms with Crippen LogP contribution in [-0.4, -0.2) is 104 Å². The maximum atomic E-state index is 13.6. The Bertz CT molecular complexity index is 2100. The number of benzene rings is 3. The van der Waals surface area contributed by atoms with Crippen molar-refractivity contribution in [2.75, 3.05) is 58.1 Å². The molecule has 63 heavy (non-hydrogen) atoms. The van der Waals surface area contributed by atoms with Crippen LogP contribution in [0.1, 0.15) is 71.2 Å². The van der Waals surface area contributed by atoms with Crippen LogP contribution in [0.4, 0.5) is 39.5 Å². The van der Waals surface area contributed by atoms with E-state index in [0.29, 0.717) is 43.6 Å². The second-order valence-corrected chi connectivity index (χ2v) is 18.9. The average molecular weight is 914 g/mol. The Hall–Kier alpha value is -4.49. The SMILES string of the molecule is O=C(CN1CC2(CC(CNC(=O)c3cc(F)cc(C(F)F)c3)C2)C1)NC1(C(F)(F)F)CC1.O=C(NCC1CC2(C1)CN(CCSc1ccccc1)C2)c1cc(F)cc(OC(F)F)c1. The number of likely N-dealkylation sites (tertiary alicyclic amines) is 2. The highest BCUT2D eigenvalue weighted by atomic mass is 32.2. The molecular weight excluding hydrogens is 866 g/mol. The van der Waals surface area contributed by atoms with Gasteiger partial charge in [-0.25, -0.2) is 17.6 Å². The van der Waals surface area contributed by atoms with E-state index >= 15 is 0 Å². The molecule has 9 nitrogen and oxygen atoms in total. The first-order chi connectivity index (χ1) is 29.8. The maximum Gasteiger partial charge on any atom is 0.411 e.